The highest BCUT2D eigenvalue weighted by Gasteiger charge is 2.01. The van der Waals surface area contributed by atoms with Crippen molar-refractivity contribution in [2.75, 3.05) is 5.73 Å². The van der Waals surface area contributed by atoms with Crippen LogP contribution in [0.4, 0.5) is 5.69 Å². The highest BCUT2D eigenvalue weighted by Crippen LogP contribution is 2.24. The lowest BCUT2D eigenvalue weighted by molar-refractivity contribution is 0.244. The minimum atomic E-state index is 0.173. The Morgan fingerprint density at radius 2 is 2.08 bits per heavy atom. The highest BCUT2D eigenvalue weighted by molar-refractivity contribution is 14.1. The number of anilines is 1. The predicted molar refractivity (Wildman–Crippen MR) is 59.3 cm³/mol. The van der Waals surface area contributed by atoms with Gasteiger partial charge in [0.25, 0.3) is 0 Å². The number of halogens is 1. The molecule has 0 aliphatic rings. The van der Waals surface area contributed by atoms with Crippen LogP contribution in [0.25, 0.3) is 0 Å². The molecule has 1 rings (SSSR count). The summed E-state index contributed by atoms with van der Waals surface area (Å²) in [7, 11) is 0. The zero-order valence-corrected chi connectivity index (χ0v) is 9.33. The van der Waals surface area contributed by atoms with Gasteiger partial charge < -0.3 is 10.5 Å². The maximum atomic E-state index is 5.74. The van der Waals surface area contributed by atoms with E-state index < -0.39 is 0 Å². The maximum Gasteiger partial charge on any atom is 0.142 e. The standard InChI is InChI=1S/C9H12INO/c1-6(2)12-9-4-3-7(10)5-8(9)11/h3-6H,11H2,1-2H3. The van der Waals surface area contributed by atoms with Gasteiger partial charge in [-0.15, -0.1) is 0 Å². The van der Waals surface area contributed by atoms with Crippen LogP contribution in [0.15, 0.2) is 18.2 Å². The number of nitrogens with two attached hydrogens (primary N) is 1. The molecule has 0 spiro atoms. The fourth-order valence-corrected chi connectivity index (χ4v) is 1.40. The average molecular weight is 277 g/mol. The molecule has 2 nitrogen and oxygen atoms in total. The second kappa shape index (κ2) is 3.98. The van der Waals surface area contributed by atoms with Crippen molar-refractivity contribution in [2.45, 2.75) is 20.0 Å². The Morgan fingerprint density at radius 3 is 2.58 bits per heavy atom. The predicted octanol–water partition coefficient (Wildman–Crippen LogP) is 2.66. The van der Waals surface area contributed by atoms with Gasteiger partial charge in [0, 0.05) is 3.57 Å². The molecule has 0 atom stereocenters. The van der Waals surface area contributed by atoms with E-state index in [0.717, 1.165) is 9.32 Å². The molecule has 12 heavy (non-hydrogen) atoms. The van der Waals surface area contributed by atoms with Gasteiger partial charge in [0.2, 0.25) is 0 Å². The molecule has 0 saturated carbocycles. The lowest BCUT2D eigenvalue weighted by atomic mass is 10.3. The minimum absolute atomic E-state index is 0.173. The summed E-state index contributed by atoms with van der Waals surface area (Å²) in [5.41, 5.74) is 6.44. The summed E-state index contributed by atoms with van der Waals surface area (Å²) in [5, 5.41) is 0. The van der Waals surface area contributed by atoms with Gasteiger partial charge in [-0.25, -0.2) is 0 Å². The van der Waals surface area contributed by atoms with Crippen molar-refractivity contribution in [1.82, 2.24) is 0 Å². The molecular formula is C9H12INO. The average Bonchev–Trinajstić information content (AvgIpc) is 1.94. The topological polar surface area (TPSA) is 35.2 Å². The molecule has 0 bridgehead atoms. The molecule has 66 valence electrons. The van der Waals surface area contributed by atoms with Crippen molar-refractivity contribution in [3.05, 3.63) is 21.8 Å². The monoisotopic (exact) mass is 277 g/mol. The summed E-state index contributed by atoms with van der Waals surface area (Å²) in [6, 6.07) is 5.78. The summed E-state index contributed by atoms with van der Waals surface area (Å²) in [5.74, 6) is 0.769. The van der Waals surface area contributed by atoms with E-state index in [1.165, 1.54) is 0 Å². The first kappa shape index (κ1) is 9.64. The van der Waals surface area contributed by atoms with Crippen molar-refractivity contribution in [2.24, 2.45) is 0 Å². The Kier molecular flexibility index (Phi) is 3.20. The van der Waals surface area contributed by atoms with E-state index in [-0.39, 0.29) is 6.10 Å². The summed E-state index contributed by atoms with van der Waals surface area (Å²) in [6.07, 6.45) is 0.173. The van der Waals surface area contributed by atoms with Gasteiger partial charge >= 0.3 is 0 Å². The molecule has 1 aromatic carbocycles. The maximum absolute atomic E-state index is 5.74. The number of rotatable bonds is 2. The molecule has 2 N–H and O–H groups in total. The molecule has 3 heteroatoms. The second-order valence-electron chi connectivity index (χ2n) is 2.85. The smallest absolute Gasteiger partial charge is 0.142 e. The Balaban J connectivity index is 2.86. The van der Waals surface area contributed by atoms with Gasteiger partial charge in [-0.1, -0.05) is 0 Å². The van der Waals surface area contributed by atoms with Crippen LogP contribution in [-0.4, -0.2) is 6.10 Å². The van der Waals surface area contributed by atoms with E-state index >= 15 is 0 Å². The van der Waals surface area contributed by atoms with Gasteiger partial charge in [0.1, 0.15) is 5.75 Å². The third kappa shape index (κ3) is 2.55. The fourth-order valence-electron chi connectivity index (χ4n) is 0.881. The van der Waals surface area contributed by atoms with E-state index in [1.807, 2.05) is 32.0 Å². The lowest BCUT2D eigenvalue weighted by Gasteiger charge is -2.11. The highest BCUT2D eigenvalue weighted by atomic mass is 127. The Bertz CT molecular complexity index is 273. The van der Waals surface area contributed by atoms with Gasteiger partial charge in [0.15, 0.2) is 0 Å². The number of nitrogen functional groups attached to an aromatic ring is 1. The van der Waals surface area contributed by atoms with Crippen LogP contribution in [0.2, 0.25) is 0 Å². The minimum Gasteiger partial charge on any atom is -0.489 e. The quantitative estimate of drug-likeness (QED) is 0.666. The normalized spacial score (nSPS) is 10.3. The van der Waals surface area contributed by atoms with E-state index in [4.69, 9.17) is 10.5 Å². The lowest BCUT2D eigenvalue weighted by Crippen LogP contribution is -2.07. The molecule has 0 aliphatic heterocycles. The molecule has 0 amide bonds. The van der Waals surface area contributed by atoms with Crippen molar-refractivity contribution in [3.63, 3.8) is 0 Å². The van der Waals surface area contributed by atoms with Crippen LogP contribution in [0.3, 0.4) is 0 Å². The van der Waals surface area contributed by atoms with Gasteiger partial charge in [0.05, 0.1) is 11.8 Å². The second-order valence-corrected chi connectivity index (χ2v) is 4.09. The van der Waals surface area contributed by atoms with Crippen LogP contribution in [0.5, 0.6) is 5.75 Å². The molecule has 1 aromatic rings. The van der Waals surface area contributed by atoms with E-state index in [1.54, 1.807) is 0 Å². The van der Waals surface area contributed by atoms with E-state index in [2.05, 4.69) is 22.6 Å². The molecule has 0 radical (unpaired) electrons. The van der Waals surface area contributed by atoms with Crippen LogP contribution in [-0.2, 0) is 0 Å². The van der Waals surface area contributed by atoms with Crippen LogP contribution in [0, 0.1) is 3.57 Å². The number of hydrogen-bond donors (Lipinski definition) is 1. The third-order valence-electron chi connectivity index (χ3n) is 1.33. The Hall–Kier alpha value is -0.450. The molecule has 0 fully saturated rings. The van der Waals surface area contributed by atoms with Crippen LogP contribution in [0.1, 0.15) is 13.8 Å². The van der Waals surface area contributed by atoms with Gasteiger partial charge in [-0.3, -0.25) is 0 Å². The van der Waals surface area contributed by atoms with Crippen molar-refractivity contribution in [1.29, 1.82) is 0 Å². The first-order chi connectivity index (χ1) is 5.59. The molecule has 0 aliphatic carbocycles. The summed E-state index contributed by atoms with van der Waals surface area (Å²) < 4.78 is 6.60. The summed E-state index contributed by atoms with van der Waals surface area (Å²) in [6.45, 7) is 3.97. The zero-order chi connectivity index (χ0) is 9.14. The first-order valence-corrected chi connectivity index (χ1v) is 4.89. The van der Waals surface area contributed by atoms with Crippen molar-refractivity contribution >= 4 is 28.3 Å². The fraction of sp³-hybridized carbons (Fsp3) is 0.333. The zero-order valence-electron chi connectivity index (χ0n) is 7.17. The molecule has 0 heterocycles. The van der Waals surface area contributed by atoms with Gasteiger partial charge in [-0.2, -0.15) is 0 Å². The molecule has 0 unspecified atom stereocenters. The number of ether oxygens (including phenoxy) is 1. The van der Waals surface area contributed by atoms with Gasteiger partial charge in [-0.05, 0) is 54.6 Å². The molecule has 0 saturated heterocycles. The Morgan fingerprint density at radius 1 is 1.42 bits per heavy atom. The van der Waals surface area contributed by atoms with Crippen molar-refractivity contribution < 1.29 is 4.74 Å². The van der Waals surface area contributed by atoms with Crippen LogP contribution >= 0.6 is 22.6 Å². The SMILES string of the molecule is CC(C)Oc1ccc(I)cc1N. The molecular weight excluding hydrogens is 265 g/mol. The summed E-state index contributed by atoms with van der Waals surface area (Å²) in [4.78, 5) is 0. The van der Waals surface area contributed by atoms with E-state index in [0.29, 0.717) is 5.69 Å². The Labute approximate surface area is 86.2 Å². The third-order valence-corrected chi connectivity index (χ3v) is 2.01. The van der Waals surface area contributed by atoms with E-state index in [9.17, 15) is 0 Å². The first-order valence-electron chi connectivity index (χ1n) is 3.81. The summed E-state index contributed by atoms with van der Waals surface area (Å²) >= 11 is 2.22. The van der Waals surface area contributed by atoms with Crippen LogP contribution < -0.4 is 10.5 Å². The van der Waals surface area contributed by atoms with Crippen molar-refractivity contribution in [3.8, 4) is 5.75 Å². The largest absolute Gasteiger partial charge is 0.489 e. The number of benzene rings is 1. The molecule has 0 aromatic heterocycles. The number of hydrogen-bond acceptors (Lipinski definition) is 2.